The molecule has 3 heteroatoms. The molecule has 1 heterocycles. The van der Waals surface area contributed by atoms with E-state index in [1.165, 1.54) is 37.9 Å². The topological polar surface area (TPSA) is 21.3 Å². The molecule has 0 bridgehead atoms. The summed E-state index contributed by atoms with van der Waals surface area (Å²) in [5.41, 5.74) is 1.23. The van der Waals surface area contributed by atoms with Gasteiger partial charge in [0, 0.05) is 4.47 Å². The zero-order valence-corrected chi connectivity index (χ0v) is 11.9. The predicted octanol–water partition coefficient (Wildman–Crippen LogP) is 3.53. The van der Waals surface area contributed by atoms with Gasteiger partial charge in [-0.1, -0.05) is 15.9 Å². The van der Waals surface area contributed by atoms with Gasteiger partial charge in [-0.15, -0.1) is 0 Å². The minimum atomic E-state index is 0.839. The molecule has 94 valence electrons. The molecule has 17 heavy (non-hydrogen) atoms. The van der Waals surface area contributed by atoms with Gasteiger partial charge in [-0.3, -0.25) is 0 Å². The third-order valence-corrected chi connectivity index (χ3v) is 4.27. The molecule has 0 amide bonds. The number of piperidine rings is 1. The summed E-state index contributed by atoms with van der Waals surface area (Å²) < 4.78 is 6.95. The van der Waals surface area contributed by atoms with E-state index < -0.39 is 0 Å². The molecule has 1 aromatic rings. The first kappa shape index (κ1) is 12.9. The van der Waals surface area contributed by atoms with E-state index in [4.69, 9.17) is 4.74 Å². The van der Waals surface area contributed by atoms with Gasteiger partial charge < -0.3 is 10.1 Å². The quantitative estimate of drug-likeness (QED) is 0.918. The van der Waals surface area contributed by atoms with Crippen molar-refractivity contribution in [1.29, 1.82) is 0 Å². The maximum absolute atomic E-state index is 5.80. The van der Waals surface area contributed by atoms with Crippen LogP contribution < -0.4 is 10.1 Å². The molecule has 0 atom stereocenters. The summed E-state index contributed by atoms with van der Waals surface area (Å²) in [5, 5.41) is 3.39. The van der Waals surface area contributed by atoms with E-state index in [9.17, 15) is 0 Å². The zero-order valence-electron chi connectivity index (χ0n) is 10.3. The number of benzene rings is 1. The first-order valence-electron chi connectivity index (χ1n) is 6.35. The van der Waals surface area contributed by atoms with Crippen LogP contribution >= 0.6 is 15.9 Å². The zero-order chi connectivity index (χ0) is 12.1. The maximum Gasteiger partial charge on any atom is 0.119 e. The average Bonchev–Trinajstić information content (AvgIpc) is 2.35. The van der Waals surface area contributed by atoms with Gasteiger partial charge in [-0.2, -0.15) is 0 Å². The van der Waals surface area contributed by atoms with Crippen LogP contribution in [-0.2, 0) is 0 Å². The SMILES string of the molecule is Cc1cc(OCCC2CCNCC2)ccc1Br. The summed E-state index contributed by atoms with van der Waals surface area (Å²) in [4.78, 5) is 0. The van der Waals surface area contributed by atoms with Gasteiger partial charge in [0.2, 0.25) is 0 Å². The van der Waals surface area contributed by atoms with Crippen molar-refractivity contribution in [3.63, 3.8) is 0 Å². The number of rotatable bonds is 4. The second-order valence-electron chi connectivity index (χ2n) is 4.74. The van der Waals surface area contributed by atoms with Gasteiger partial charge in [-0.05, 0) is 69.0 Å². The van der Waals surface area contributed by atoms with E-state index >= 15 is 0 Å². The Kier molecular flexibility index (Phi) is 4.86. The minimum Gasteiger partial charge on any atom is -0.494 e. The first-order valence-corrected chi connectivity index (χ1v) is 7.14. The van der Waals surface area contributed by atoms with E-state index in [-0.39, 0.29) is 0 Å². The number of ether oxygens (including phenoxy) is 1. The largest absolute Gasteiger partial charge is 0.494 e. The minimum absolute atomic E-state index is 0.839. The van der Waals surface area contributed by atoms with Crippen LogP contribution in [0.4, 0.5) is 0 Å². The van der Waals surface area contributed by atoms with Crippen LogP contribution in [0.2, 0.25) is 0 Å². The number of nitrogens with one attached hydrogen (secondary N) is 1. The van der Waals surface area contributed by atoms with Crippen LogP contribution in [0.15, 0.2) is 22.7 Å². The van der Waals surface area contributed by atoms with E-state index in [0.29, 0.717) is 0 Å². The molecule has 1 aromatic carbocycles. The Bertz CT molecular complexity index is 361. The Hall–Kier alpha value is -0.540. The van der Waals surface area contributed by atoms with Gasteiger partial charge in [0.15, 0.2) is 0 Å². The molecule has 1 fully saturated rings. The van der Waals surface area contributed by atoms with Crippen molar-refractivity contribution in [3.05, 3.63) is 28.2 Å². The van der Waals surface area contributed by atoms with Gasteiger partial charge in [0.05, 0.1) is 6.61 Å². The van der Waals surface area contributed by atoms with Crippen molar-refractivity contribution in [2.24, 2.45) is 5.92 Å². The van der Waals surface area contributed by atoms with Crippen LogP contribution in [0.3, 0.4) is 0 Å². The number of aryl methyl sites for hydroxylation is 1. The van der Waals surface area contributed by atoms with Crippen molar-refractivity contribution in [3.8, 4) is 5.75 Å². The third kappa shape index (κ3) is 4.00. The van der Waals surface area contributed by atoms with Crippen LogP contribution in [0.25, 0.3) is 0 Å². The van der Waals surface area contributed by atoms with Crippen LogP contribution in [0, 0.1) is 12.8 Å². The molecule has 2 rings (SSSR count). The molecule has 1 N–H and O–H groups in total. The highest BCUT2D eigenvalue weighted by atomic mass is 79.9. The lowest BCUT2D eigenvalue weighted by Gasteiger charge is -2.22. The molecule has 0 aliphatic carbocycles. The van der Waals surface area contributed by atoms with Gasteiger partial charge in [-0.25, -0.2) is 0 Å². The van der Waals surface area contributed by atoms with E-state index in [1.807, 2.05) is 6.07 Å². The molecule has 0 unspecified atom stereocenters. The second kappa shape index (κ2) is 6.41. The molecule has 0 spiro atoms. The highest BCUT2D eigenvalue weighted by Crippen LogP contribution is 2.22. The Labute approximate surface area is 112 Å². The Morgan fingerprint density at radius 3 is 2.82 bits per heavy atom. The van der Waals surface area contributed by atoms with Crippen LogP contribution in [0.5, 0.6) is 5.75 Å². The fraction of sp³-hybridized carbons (Fsp3) is 0.571. The molecule has 1 aliphatic rings. The lowest BCUT2D eigenvalue weighted by Crippen LogP contribution is -2.28. The summed E-state index contributed by atoms with van der Waals surface area (Å²) in [6.07, 6.45) is 3.77. The number of halogens is 1. The van der Waals surface area contributed by atoms with Crippen molar-refractivity contribution in [1.82, 2.24) is 5.32 Å². The normalized spacial score (nSPS) is 17.1. The molecule has 1 saturated heterocycles. The van der Waals surface area contributed by atoms with Crippen molar-refractivity contribution >= 4 is 15.9 Å². The van der Waals surface area contributed by atoms with Crippen molar-refractivity contribution in [2.45, 2.75) is 26.2 Å². The van der Waals surface area contributed by atoms with Crippen molar-refractivity contribution < 1.29 is 4.74 Å². The summed E-state index contributed by atoms with van der Waals surface area (Å²) in [5.74, 6) is 1.83. The monoisotopic (exact) mass is 297 g/mol. The third-order valence-electron chi connectivity index (χ3n) is 3.38. The summed E-state index contributed by atoms with van der Waals surface area (Å²) >= 11 is 3.50. The fourth-order valence-corrected chi connectivity index (χ4v) is 2.47. The Morgan fingerprint density at radius 1 is 1.35 bits per heavy atom. The van der Waals surface area contributed by atoms with E-state index in [0.717, 1.165) is 22.7 Å². The van der Waals surface area contributed by atoms with Gasteiger partial charge in [0.25, 0.3) is 0 Å². The van der Waals surface area contributed by atoms with Crippen molar-refractivity contribution in [2.75, 3.05) is 19.7 Å². The lowest BCUT2D eigenvalue weighted by molar-refractivity contribution is 0.251. The Balaban J connectivity index is 1.75. The molecule has 1 aliphatic heterocycles. The second-order valence-corrected chi connectivity index (χ2v) is 5.60. The fourth-order valence-electron chi connectivity index (χ4n) is 2.22. The van der Waals surface area contributed by atoms with Gasteiger partial charge in [0.1, 0.15) is 5.75 Å². The smallest absolute Gasteiger partial charge is 0.119 e. The summed E-state index contributed by atoms with van der Waals surface area (Å²) in [6, 6.07) is 6.17. The summed E-state index contributed by atoms with van der Waals surface area (Å²) in [6.45, 7) is 5.26. The molecular formula is C14H20BrNO. The molecular weight excluding hydrogens is 278 g/mol. The molecule has 0 saturated carbocycles. The molecule has 0 radical (unpaired) electrons. The highest BCUT2D eigenvalue weighted by molar-refractivity contribution is 9.10. The average molecular weight is 298 g/mol. The first-order chi connectivity index (χ1) is 8.25. The maximum atomic E-state index is 5.80. The van der Waals surface area contributed by atoms with Gasteiger partial charge >= 0.3 is 0 Å². The lowest BCUT2D eigenvalue weighted by atomic mass is 9.95. The molecule has 0 aromatic heterocycles. The van der Waals surface area contributed by atoms with E-state index in [1.54, 1.807) is 0 Å². The predicted molar refractivity (Wildman–Crippen MR) is 74.6 cm³/mol. The van der Waals surface area contributed by atoms with E-state index in [2.05, 4.69) is 40.3 Å². The summed E-state index contributed by atoms with van der Waals surface area (Å²) in [7, 11) is 0. The van der Waals surface area contributed by atoms with Crippen LogP contribution in [-0.4, -0.2) is 19.7 Å². The van der Waals surface area contributed by atoms with Crippen LogP contribution in [0.1, 0.15) is 24.8 Å². The highest BCUT2D eigenvalue weighted by Gasteiger charge is 2.12. The standard InChI is InChI=1S/C14H20BrNO/c1-11-10-13(2-3-14(11)15)17-9-6-12-4-7-16-8-5-12/h2-3,10,12,16H,4-9H2,1H3. The Morgan fingerprint density at radius 2 is 2.12 bits per heavy atom. The molecule has 2 nitrogen and oxygen atoms in total. The number of hydrogen-bond donors (Lipinski definition) is 1. The number of hydrogen-bond acceptors (Lipinski definition) is 2.